The lowest BCUT2D eigenvalue weighted by atomic mass is 10.1. The van der Waals surface area contributed by atoms with Crippen molar-refractivity contribution in [3.63, 3.8) is 0 Å². The largest absolute Gasteiger partial charge is 0.482 e. The quantitative estimate of drug-likeness (QED) is 0.430. The van der Waals surface area contributed by atoms with Crippen LogP contribution in [0, 0.1) is 0 Å². The fourth-order valence-corrected chi connectivity index (χ4v) is 4.02. The van der Waals surface area contributed by atoms with E-state index in [-0.39, 0.29) is 11.5 Å². The van der Waals surface area contributed by atoms with Crippen molar-refractivity contribution in [3.8, 4) is 5.75 Å². The van der Waals surface area contributed by atoms with Crippen molar-refractivity contribution in [2.45, 2.75) is 17.7 Å². The summed E-state index contributed by atoms with van der Waals surface area (Å²) in [5.74, 6) is 0.128. The summed E-state index contributed by atoms with van der Waals surface area (Å²) in [6, 6.07) is 20.1. The van der Waals surface area contributed by atoms with Crippen LogP contribution in [-0.4, -0.2) is 34.6 Å². The second-order valence-corrected chi connectivity index (χ2v) is 8.29. The smallest absolute Gasteiger partial charge is 0.343 e. The Morgan fingerprint density at radius 2 is 1.76 bits per heavy atom. The molecule has 0 bridgehead atoms. The van der Waals surface area contributed by atoms with Crippen LogP contribution in [0.4, 0.5) is 0 Å². The van der Waals surface area contributed by atoms with E-state index in [2.05, 4.69) is 9.46 Å². The normalized spacial score (nSPS) is 11.3. The zero-order valence-corrected chi connectivity index (χ0v) is 16.9. The first-order valence-corrected chi connectivity index (χ1v) is 10.7. The molecule has 3 rings (SSSR count). The standard InChI is InChI=1S/C22H23NO5S/c1-27-22(24)16-28-20-10-4-6-17(14-20)7-5-13-23-29(25,26)21-12-11-18-8-2-3-9-19(18)15-21/h2-4,6,8-12,14-15,23H,5,7,13,16H2,1H3. The van der Waals surface area contributed by atoms with Crippen molar-refractivity contribution in [1.82, 2.24) is 4.72 Å². The van der Waals surface area contributed by atoms with Crippen LogP contribution in [0.25, 0.3) is 10.8 Å². The molecular formula is C22H23NO5S. The van der Waals surface area contributed by atoms with E-state index in [4.69, 9.17) is 4.74 Å². The minimum Gasteiger partial charge on any atom is -0.482 e. The van der Waals surface area contributed by atoms with E-state index in [1.165, 1.54) is 7.11 Å². The van der Waals surface area contributed by atoms with Crippen LogP contribution in [0.3, 0.4) is 0 Å². The topological polar surface area (TPSA) is 81.7 Å². The van der Waals surface area contributed by atoms with Gasteiger partial charge in [0.05, 0.1) is 12.0 Å². The third kappa shape index (κ3) is 5.79. The number of carbonyl (C=O) groups is 1. The van der Waals surface area contributed by atoms with Gasteiger partial charge in [-0.3, -0.25) is 0 Å². The van der Waals surface area contributed by atoms with Gasteiger partial charge in [-0.1, -0.05) is 42.5 Å². The highest BCUT2D eigenvalue weighted by atomic mass is 32.2. The van der Waals surface area contributed by atoms with Crippen molar-refractivity contribution < 1.29 is 22.7 Å². The molecule has 1 N–H and O–H groups in total. The zero-order valence-electron chi connectivity index (χ0n) is 16.1. The molecular weight excluding hydrogens is 390 g/mol. The third-order valence-electron chi connectivity index (χ3n) is 4.45. The molecule has 0 amide bonds. The number of hydrogen-bond donors (Lipinski definition) is 1. The highest BCUT2D eigenvalue weighted by Gasteiger charge is 2.13. The first kappa shape index (κ1) is 20.8. The number of benzene rings is 3. The molecule has 0 radical (unpaired) electrons. The van der Waals surface area contributed by atoms with Crippen LogP contribution in [0.15, 0.2) is 71.6 Å². The van der Waals surface area contributed by atoms with E-state index in [1.54, 1.807) is 18.2 Å². The molecule has 0 saturated heterocycles. The van der Waals surface area contributed by atoms with Gasteiger partial charge in [0.15, 0.2) is 6.61 Å². The summed E-state index contributed by atoms with van der Waals surface area (Å²) in [5, 5.41) is 1.89. The molecule has 6 nitrogen and oxygen atoms in total. The Bertz CT molecular complexity index is 1100. The van der Waals surface area contributed by atoms with Gasteiger partial charge in [0.2, 0.25) is 10.0 Å². The molecule has 152 valence electrons. The summed E-state index contributed by atoms with van der Waals surface area (Å²) in [6.45, 7) is 0.175. The SMILES string of the molecule is COC(=O)COc1cccc(CCCNS(=O)(=O)c2ccc3ccccc3c2)c1. The Hall–Kier alpha value is -2.90. The Kier molecular flexibility index (Phi) is 6.85. The fraction of sp³-hybridized carbons (Fsp3) is 0.227. The molecule has 0 unspecified atom stereocenters. The number of ether oxygens (including phenoxy) is 2. The number of nitrogens with one attached hydrogen (secondary N) is 1. The lowest BCUT2D eigenvalue weighted by molar-refractivity contribution is -0.142. The average Bonchev–Trinajstić information content (AvgIpc) is 2.75. The van der Waals surface area contributed by atoms with Gasteiger partial charge in [0.1, 0.15) is 5.75 Å². The molecule has 0 aliphatic carbocycles. The number of sulfonamides is 1. The van der Waals surface area contributed by atoms with Gasteiger partial charge in [-0.25, -0.2) is 17.9 Å². The summed E-state index contributed by atoms with van der Waals surface area (Å²) < 4.78 is 37.7. The lowest BCUT2D eigenvalue weighted by Gasteiger charge is -2.09. The summed E-state index contributed by atoms with van der Waals surface area (Å²) >= 11 is 0. The zero-order chi connectivity index (χ0) is 20.7. The Labute approximate surface area is 170 Å². The third-order valence-corrected chi connectivity index (χ3v) is 5.91. The Morgan fingerprint density at radius 3 is 2.55 bits per heavy atom. The number of aryl methyl sites for hydroxylation is 1. The summed E-state index contributed by atoms with van der Waals surface area (Å²) in [7, 11) is -2.25. The molecule has 29 heavy (non-hydrogen) atoms. The summed E-state index contributed by atoms with van der Waals surface area (Å²) in [5.41, 5.74) is 0.997. The van der Waals surface area contributed by atoms with Gasteiger partial charge >= 0.3 is 5.97 Å². The van der Waals surface area contributed by atoms with E-state index in [1.807, 2.05) is 48.5 Å². The van der Waals surface area contributed by atoms with Gasteiger partial charge < -0.3 is 9.47 Å². The highest BCUT2D eigenvalue weighted by Crippen LogP contribution is 2.19. The first-order chi connectivity index (χ1) is 14.0. The van der Waals surface area contributed by atoms with Crippen molar-refractivity contribution in [2.24, 2.45) is 0 Å². The molecule has 0 aliphatic rings. The summed E-state index contributed by atoms with van der Waals surface area (Å²) in [4.78, 5) is 11.4. The van der Waals surface area contributed by atoms with Crippen LogP contribution < -0.4 is 9.46 Å². The van der Waals surface area contributed by atoms with Crippen LogP contribution in [0.5, 0.6) is 5.75 Å². The number of carbonyl (C=O) groups excluding carboxylic acids is 1. The molecule has 3 aromatic carbocycles. The Balaban J connectivity index is 1.53. The van der Waals surface area contributed by atoms with Crippen LogP contribution >= 0.6 is 0 Å². The highest BCUT2D eigenvalue weighted by molar-refractivity contribution is 7.89. The number of hydrogen-bond acceptors (Lipinski definition) is 5. The number of esters is 1. The van der Waals surface area contributed by atoms with Gasteiger partial charge in [0.25, 0.3) is 0 Å². The van der Waals surface area contributed by atoms with Crippen molar-refractivity contribution in [2.75, 3.05) is 20.3 Å². The minimum atomic E-state index is -3.56. The van der Waals surface area contributed by atoms with Gasteiger partial charge in [-0.05, 0) is 53.4 Å². The molecule has 3 aromatic rings. The molecule has 0 aromatic heterocycles. The molecule has 0 saturated carbocycles. The summed E-state index contributed by atoms with van der Waals surface area (Å²) in [6.07, 6.45) is 1.31. The van der Waals surface area contributed by atoms with Crippen LogP contribution in [0.1, 0.15) is 12.0 Å². The first-order valence-electron chi connectivity index (χ1n) is 9.25. The maximum absolute atomic E-state index is 12.5. The maximum atomic E-state index is 12.5. The second kappa shape index (κ2) is 9.54. The molecule has 7 heteroatoms. The van der Waals surface area contributed by atoms with Crippen LogP contribution in [-0.2, 0) is 26.0 Å². The van der Waals surface area contributed by atoms with E-state index >= 15 is 0 Å². The van der Waals surface area contributed by atoms with E-state index < -0.39 is 16.0 Å². The minimum absolute atomic E-state index is 0.147. The van der Waals surface area contributed by atoms with Crippen molar-refractivity contribution in [1.29, 1.82) is 0 Å². The number of methoxy groups -OCH3 is 1. The van der Waals surface area contributed by atoms with E-state index in [0.29, 0.717) is 25.1 Å². The van der Waals surface area contributed by atoms with E-state index in [0.717, 1.165) is 16.3 Å². The second-order valence-electron chi connectivity index (χ2n) is 6.52. The number of fused-ring (bicyclic) bond motifs is 1. The van der Waals surface area contributed by atoms with Gasteiger partial charge in [0, 0.05) is 6.54 Å². The predicted octanol–water partition coefficient (Wildman–Crippen LogP) is 3.30. The molecule has 0 heterocycles. The predicted molar refractivity (Wildman–Crippen MR) is 111 cm³/mol. The monoisotopic (exact) mass is 413 g/mol. The maximum Gasteiger partial charge on any atom is 0.343 e. The van der Waals surface area contributed by atoms with Crippen molar-refractivity contribution >= 4 is 26.8 Å². The van der Waals surface area contributed by atoms with Crippen LogP contribution in [0.2, 0.25) is 0 Å². The van der Waals surface area contributed by atoms with Gasteiger partial charge in [-0.2, -0.15) is 0 Å². The molecule has 0 fully saturated rings. The number of rotatable bonds is 9. The van der Waals surface area contributed by atoms with E-state index in [9.17, 15) is 13.2 Å². The average molecular weight is 413 g/mol. The molecule has 0 aliphatic heterocycles. The molecule has 0 atom stereocenters. The van der Waals surface area contributed by atoms with Crippen molar-refractivity contribution in [3.05, 3.63) is 72.3 Å². The van der Waals surface area contributed by atoms with Gasteiger partial charge in [-0.15, -0.1) is 0 Å². The fourth-order valence-electron chi connectivity index (χ4n) is 2.91. The molecule has 0 spiro atoms. The lowest BCUT2D eigenvalue weighted by Crippen LogP contribution is -2.25. The Morgan fingerprint density at radius 1 is 0.966 bits per heavy atom.